The molecule has 96 valence electrons. The Bertz CT molecular complexity index is 353. The summed E-state index contributed by atoms with van der Waals surface area (Å²) < 4.78 is 7.47. The van der Waals surface area contributed by atoms with Crippen molar-refractivity contribution < 1.29 is 4.74 Å². The molecule has 3 unspecified atom stereocenters. The lowest BCUT2D eigenvalue weighted by Crippen LogP contribution is -2.25. The van der Waals surface area contributed by atoms with Crippen molar-refractivity contribution in [2.75, 3.05) is 13.2 Å². The van der Waals surface area contributed by atoms with Gasteiger partial charge in [-0.1, -0.05) is 6.92 Å². The van der Waals surface area contributed by atoms with Gasteiger partial charge in [-0.2, -0.15) is 0 Å². The first-order valence-electron chi connectivity index (χ1n) is 6.33. The van der Waals surface area contributed by atoms with Crippen molar-refractivity contribution >= 4 is 0 Å². The predicted molar refractivity (Wildman–Crippen MR) is 63.4 cm³/mol. The molecule has 1 N–H and O–H groups in total. The first-order chi connectivity index (χ1) is 8.22. The van der Waals surface area contributed by atoms with Crippen LogP contribution in [0.25, 0.3) is 0 Å². The Morgan fingerprint density at radius 1 is 1.59 bits per heavy atom. The molecule has 1 aromatic rings. The quantitative estimate of drug-likeness (QED) is 0.822. The molecule has 1 aliphatic heterocycles. The number of tetrazole rings is 1. The van der Waals surface area contributed by atoms with Gasteiger partial charge >= 0.3 is 0 Å². The highest BCUT2D eigenvalue weighted by atomic mass is 16.5. The van der Waals surface area contributed by atoms with E-state index in [0.717, 1.165) is 31.9 Å². The van der Waals surface area contributed by atoms with Crippen molar-refractivity contribution in [1.29, 1.82) is 0 Å². The average molecular weight is 239 g/mol. The van der Waals surface area contributed by atoms with E-state index in [4.69, 9.17) is 4.74 Å². The lowest BCUT2D eigenvalue weighted by atomic mass is 10.0. The molecular formula is C11H21N5O. The van der Waals surface area contributed by atoms with E-state index in [1.54, 1.807) is 0 Å². The van der Waals surface area contributed by atoms with Gasteiger partial charge < -0.3 is 10.1 Å². The minimum Gasteiger partial charge on any atom is -0.378 e. The Labute approximate surface area is 102 Å². The van der Waals surface area contributed by atoms with Crippen LogP contribution in [0.3, 0.4) is 0 Å². The first kappa shape index (κ1) is 12.4. The second-order valence-electron chi connectivity index (χ2n) is 4.62. The van der Waals surface area contributed by atoms with E-state index >= 15 is 0 Å². The molecule has 0 radical (unpaired) electrons. The molecule has 0 bridgehead atoms. The molecule has 0 spiro atoms. The standard InChI is InChI=1S/C11H21N5O/c1-4-12-8(2)11-13-14-15-16(11)7-10-5-6-17-9(10)3/h8-10,12H,4-7H2,1-3H3. The van der Waals surface area contributed by atoms with E-state index in [9.17, 15) is 0 Å². The Balaban J connectivity index is 2.03. The van der Waals surface area contributed by atoms with Gasteiger partial charge in [-0.15, -0.1) is 5.10 Å². The minimum absolute atomic E-state index is 0.188. The summed E-state index contributed by atoms with van der Waals surface area (Å²) in [6, 6.07) is 0.188. The molecule has 1 aromatic heterocycles. The van der Waals surface area contributed by atoms with Crippen molar-refractivity contribution in [2.24, 2.45) is 5.92 Å². The van der Waals surface area contributed by atoms with Gasteiger partial charge in [0.25, 0.3) is 0 Å². The van der Waals surface area contributed by atoms with Crippen LogP contribution >= 0.6 is 0 Å². The average Bonchev–Trinajstić information content (AvgIpc) is 2.90. The van der Waals surface area contributed by atoms with Crippen LogP contribution in [0.1, 0.15) is 39.1 Å². The third-order valence-corrected chi connectivity index (χ3v) is 3.40. The van der Waals surface area contributed by atoms with Crippen LogP contribution < -0.4 is 5.32 Å². The third-order valence-electron chi connectivity index (χ3n) is 3.40. The van der Waals surface area contributed by atoms with Crippen molar-refractivity contribution in [2.45, 2.75) is 45.9 Å². The topological polar surface area (TPSA) is 64.9 Å². The molecule has 0 amide bonds. The molecule has 0 aliphatic carbocycles. The lowest BCUT2D eigenvalue weighted by molar-refractivity contribution is 0.100. The van der Waals surface area contributed by atoms with Crippen molar-refractivity contribution in [3.05, 3.63) is 5.82 Å². The smallest absolute Gasteiger partial charge is 0.167 e. The summed E-state index contributed by atoms with van der Waals surface area (Å²) in [5, 5.41) is 15.3. The highest BCUT2D eigenvalue weighted by Crippen LogP contribution is 2.22. The highest BCUT2D eigenvalue weighted by Gasteiger charge is 2.26. The molecule has 1 fully saturated rings. The summed E-state index contributed by atoms with van der Waals surface area (Å²) in [6.07, 6.45) is 1.40. The number of hydrogen-bond donors (Lipinski definition) is 1. The monoisotopic (exact) mass is 239 g/mol. The van der Waals surface area contributed by atoms with Gasteiger partial charge in [0.05, 0.1) is 18.7 Å². The van der Waals surface area contributed by atoms with Gasteiger partial charge in [0.2, 0.25) is 0 Å². The van der Waals surface area contributed by atoms with Gasteiger partial charge in [0.1, 0.15) is 0 Å². The van der Waals surface area contributed by atoms with Crippen LogP contribution in [0.5, 0.6) is 0 Å². The highest BCUT2D eigenvalue weighted by molar-refractivity contribution is 4.90. The molecule has 0 aromatic carbocycles. The molecule has 6 nitrogen and oxygen atoms in total. The molecule has 6 heteroatoms. The van der Waals surface area contributed by atoms with Crippen molar-refractivity contribution in [3.8, 4) is 0 Å². The second kappa shape index (κ2) is 5.55. The number of aromatic nitrogens is 4. The van der Waals surface area contributed by atoms with E-state index in [-0.39, 0.29) is 6.04 Å². The molecular weight excluding hydrogens is 218 g/mol. The molecule has 0 saturated carbocycles. The summed E-state index contributed by atoms with van der Waals surface area (Å²) in [7, 11) is 0. The SMILES string of the molecule is CCNC(C)c1nnnn1CC1CCOC1C. The van der Waals surface area contributed by atoms with Gasteiger partial charge in [0.15, 0.2) is 5.82 Å². The maximum atomic E-state index is 5.56. The second-order valence-corrected chi connectivity index (χ2v) is 4.62. The maximum absolute atomic E-state index is 5.56. The zero-order valence-electron chi connectivity index (χ0n) is 10.8. The zero-order chi connectivity index (χ0) is 12.3. The van der Waals surface area contributed by atoms with E-state index < -0.39 is 0 Å². The molecule has 3 atom stereocenters. The Kier molecular flexibility index (Phi) is 4.06. The van der Waals surface area contributed by atoms with Crippen LogP contribution in [0.15, 0.2) is 0 Å². The summed E-state index contributed by atoms with van der Waals surface area (Å²) in [4.78, 5) is 0. The normalized spacial score (nSPS) is 26.3. The fourth-order valence-corrected chi connectivity index (χ4v) is 2.29. The van der Waals surface area contributed by atoms with Gasteiger partial charge in [0, 0.05) is 12.5 Å². The predicted octanol–water partition coefficient (Wildman–Crippen LogP) is 0.769. The molecule has 1 saturated heterocycles. The van der Waals surface area contributed by atoms with Crippen LogP contribution in [0.2, 0.25) is 0 Å². The molecule has 1 aliphatic rings. The fraction of sp³-hybridized carbons (Fsp3) is 0.909. The Morgan fingerprint density at radius 3 is 3.06 bits per heavy atom. The van der Waals surface area contributed by atoms with Gasteiger partial charge in [-0.05, 0) is 37.2 Å². The summed E-state index contributed by atoms with van der Waals surface area (Å²) in [5.41, 5.74) is 0. The number of nitrogens with zero attached hydrogens (tertiary/aromatic N) is 4. The lowest BCUT2D eigenvalue weighted by Gasteiger charge is -2.16. The minimum atomic E-state index is 0.188. The van der Waals surface area contributed by atoms with Crippen LogP contribution in [0, 0.1) is 5.92 Å². The van der Waals surface area contributed by atoms with E-state index in [1.807, 2.05) is 4.68 Å². The fourth-order valence-electron chi connectivity index (χ4n) is 2.29. The number of hydrogen-bond acceptors (Lipinski definition) is 5. The van der Waals surface area contributed by atoms with Crippen LogP contribution in [-0.2, 0) is 11.3 Å². The zero-order valence-corrected chi connectivity index (χ0v) is 10.8. The Hall–Kier alpha value is -1.01. The van der Waals surface area contributed by atoms with E-state index in [1.165, 1.54) is 0 Å². The van der Waals surface area contributed by atoms with E-state index in [2.05, 4.69) is 41.6 Å². The molecule has 2 heterocycles. The van der Waals surface area contributed by atoms with Gasteiger partial charge in [-0.25, -0.2) is 4.68 Å². The largest absolute Gasteiger partial charge is 0.378 e. The number of nitrogens with one attached hydrogen (secondary N) is 1. The third kappa shape index (κ3) is 2.81. The summed E-state index contributed by atoms with van der Waals surface area (Å²) >= 11 is 0. The number of rotatable bonds is 5. The number of ether oxygens (including phenoxy) is 1. The van der Waals surface area contributed by atoms with Crippen molar-refractivity contribution in [3.63, 3.8) is 0 Å². The summed E-state index contributed by atoms with van der Waals surface area (Å²) in [5.74, 6) is 1.43. The molecule has 2 rings (SSSR count). The summed E-state index contributed by atoms with van der Waals surface area (Å²) in [6.45, 7) is 8.90. The van der Waals surface area contributed by atoms with Crippen LogP contribution in [-0.4, -0.2) is 39.5 Å². The van der Waals surface area contributed by atoms with Crippen LogP contribution in [0.4, 0.5) is 0 Å². The first-order valence-corrected chi connectivity index (χ1v) is 6.33. The molecule has 17 heavy (non-hydrogen) atoms. The Morgan fingerprint density at radius 2 is 2.41 bits per heavy atom. The maximum Gasteiger partial charge on any atom is 0.167 e. The van der Waals surface area contributed by atoms with Crippen molar-refractivity contribution in [1.82, 2.24) is 25.5 Å². The van der Waals surface area contributed by atoms with Gasteiger partial charge in [-0.3, -0.25) is 0 Å². The van der Waals surface area contributed by atoms with E-state index in [0.29, 0.717) is 12.0 Å².